The number of hydrogen-bond donors (Lipinski definition) is 2. The van der Waals surface area contributed by atoms with Crippen LogP contribution in [0.3, 0.4) is 0 Å². The van der Waals surface area contributed by atoms with Crippen molar-refractivity contribution < 1.29 is 52.8 Å². The molecule has 3 aromatic carbocycles. The fourth-order valence-corrected chi connectivity index (χ4v) is 7.67. The van der Waals surface area contributed by atoms with Crippen LogP contribution in [0.2, 0.25) is 0 Å². The minimum Gasteiger partial charge on any atom is -0.491 e. The van der Waals surface area contributed by atoms with Gasteiger partial charge in [-0.2, -0.15) is 5.10 Å². The molecule has 326 valence electrons. The molecule has 4 heterocycles. The number of imide groups is 2. The number of rotatable bonds is 21. The van der Waals surface area contributed by atoms with E-state index in [0.717, 1.165) is 56.9 Å². The van der Waals surface area contributed by atoms with Gasteiger partial charge >= 0.3 is 0 Å². The van der Waals surface area contributed by atoms with Crippen molar-refractivity contribution in [3.63, 3.8) is 0 Å². The lowest BCUT2D eigenvalue weighted by Gasteiger charge is -2.27. The Morgan fingerprint density at radius 2 is 1.37 bits per heavy atom. The minimum absolute atomic E-state index is 0.0451. The van der Waals surface area contributed by atoms with Crippen LogP contribution in [-0.4, -0.2) is 126 Å². The van der Waals surface area contributed by atoms with Gasteiger partial charge in [0, 0.05) is 41.7 Å². The second kappa shape index (κ2) is 20.4. The highest BCUT2D eigenvalue weighted by atomic mass is 16.6. The molecular weight excluding hydrogens is 813 g/mol. The molecule has 1 unspecified atom stereocenters. The number of nitrogens with one attached hydrogen (secondary N) is 1. The smallest absolute Gasteiger partial charge is 0.266 e. The van der Waals surface area contributed by atoms with Gasteiger partial charge in [0.1, 0.15) is 36.4 Å². The molecule has 0 bridgehead atoms. The third kappa shape index (κ3) is 9.97. The largest absolute Gasteiger partial charge is 0.491 e. The topological polar surface area (TPSA) is 202 Å². The van der Waals surface area contributed by atoms with E-state index in [-0.39, 0.29) is 42.9 Å². The van der Waals surface area contributed by atoms with Crippen LogP contribution < -0.4 is 14.8 Å². The van der Waals surface area contributed by atoms with E-state index in [1.165, 1.54) is 6.07 Å². The first-order valence-electron chi connectivity index (χ1n) is 20.8. The predicted molar refractivity (Wildman–Crippen MR) is 226 cm³/mol. The van der Waals surface area contributed by atoms with Crippen LogP contribution in [-0.2, 0) is 35.0 Å². The Bertz CT molecular complexity index is 2470. The van der Waals surface area contributed by atoms with Gasteiger partial charge in [0.05, 0.1) is 75.4 Å². The summed E-state index contributed by atoms with van der Waals surface area (Å²) < 4.78 is 35.9. The molecule has 17 heteroatoms. The van der Waals surface area contributed by atoms with Crippen molar-refractivity contribution in [2.75, 3.05) is 66.1 Å². The van der Waals surface area contributed by atoms with Gasteiger partial charge in [-0.3, -0.25) is 34.4 Å². The fraction of sp³-hybridized carbons (Fsp3) is 0.326. The molecular formula is C46H46N6O11. The second-order valence-electron chi connectivity index (χ2n) is 14.8. The number of pyridine rings is 1. The molecule has 2 N–H and O–H groups in total. The number of hydrogen-bond acceptors (Lipinski definition) is 14. The molecule has 1 saturated heterocycles. The number of ether oxygens (including phenoxy) is 6. The standard InChI is InChI=1S/C46H46N6O11/c53-41-13-12-39(44(54)48-41)52-45(55)36-2-1-3-40(42(36)46(52)56)63-27-25-61-23-21-59-19-18-58-20-22-60-24-26-62-34-8-6-33(7-9-34)51-29-37(43(49-51)30-14-16-47-17-15-30)32-4-10-35-31(28-32)5-11-38(35)50-57/h1-4,6-10,14-17,28-29,39,57H,5,11-13,18-27H2,(H,48,53,54)/b50-38+. The molecule has 3 aliphatic rings. The fourth-order valence-electron chi connectivity index (χ4n) is 7.67. The van der Waals surface area contributed by atoms with Crippen LogP contribution in [0.15, 0.2) is 96.5 Å². The highest BCUT2D eigenvalue weighted by Crippen LogP contribution is 2.36. The van der Waals surface area contributed by atoms with Gasteiger partial charge in [-0.25, -0.2) is 4.68 Å². The van der Waals surface area contributed by atoms with Gasteiger partial charge < -0.3 is 33.6 Å². The van der Waals surface area contributed by atoms with Crippen LogP contribution in [0.5, 0.6) is 11.5 Å². The number of nitrogens with zero attached hydrogens (tertiary/aromatic N) is 5. The van der Waals surface area contributed by atoms with Crippen LogP contribution in [0.25, 0.3) is 28.1 Å². The van der Waals surface area contributed by atoms with Crippen molar-refractivity contribution in [3.05, 3.63) is 114 Å². The van der Waals surface area contributed by atoms with E-state index in [2.05, 4.69) is 21.5 Å². The maximum Gasteiger partial charge on any atom is 0.266 e. The average molecular weight is 859 g/mol. The lowest BCUT2D eigenvalue weighted by Crippen LogP contribution is -2.54. The molecule has 1 fully saturated rings. The zero-order valence-corrected chi connectivity index (χ0v) is 34.4. The number of aromatic nitrogens is 3. The molecule has 2 aromatic heterocycles. The highest BCUT2D eigenvalue weighted by molar-refractivity contribution is 6.24. The van der Waals surface area contributed by atoms with Gasteiger partial charge in [0.25, 0.3) is 11.8 Å². The summed E-state index contributed by atoms with van der Waals surface area (Å²) in [6.07, 6.45) is 7.21. The Balaban J connectivity index is 0.679. The number of carbonyl (C=O) groups excluding carboxylic acids is 4. The molecule has 0 saturated carbocycles. The third-order valence-corrected chi connectivity index (χ3v) is 10.8. The highest BCUT2D eigenvalue weighted by Gasteiger charge is 2.46. The summed E-state index contributed by atoms with van der Waals surface area (Å²) in [5.74, 6) is -1.38. The number of oxime groups is 1. The van der Waals surface area contributed by atoms with E-state index < -0.39 is 29.7 Å². The monoisotopic (exact) mass is 858 g/mol. The quantitative estimate of drug-likeness (QED) is 0.0447. The summed E-state index contributed by atoms with van der Waals surface area (Å²) in [5, 5.41) is 20.0. The van der Waals surface area contributed by atoms with E-state index in [9.17, 15) is 24.4 Å². The average Bonchev–Trinajstić information content (AvgIpc) is 4.01. The Morgan fingerprint density at radius 3 is 2.05 bits per heavy atom. The molecule has 8 rings (SSSR count). The maximum atomic E-state index is 13.2. The predicted octanol–water partition coefficient (Wildman–Crippen LogP) is 4.65. The Labute approximate surface area is 362 Å². The van der Waals surface area contributed by atoms with Crippen LogP contribution >= 0.6 is 0 Å². The summed E-state index contributed by atoms with van der Waals surface area (Å²) in [5.41, 5.74) is 7.79. The lowest BCUT2D eigenvalue weighted by atomic mass is 9.98. The molecule has 0 spiro atoms. The van der Waals surface area contributed by atoms with Gasteiger partial charge in [0.15, 0.2) is 0 Å². The lowest BCUT2D eigenvalue weighted by molar-refractivity contribution is -0.136. The first-order valence-corrected chi connectivity index (χ1v) is 20.8. The Morgan fingerprint density at radius 1 is 0.683 bits per heavy atom. The van der Waals surface area contributed by atoms with Crippen molar-refractivity contribution in [2.45, 2.75) is 31.7 Å². The zero-order chi connectivity index (χ0) is 43.5. The number of carbonyl (C=O) groups is 4. The minimum atomic E-state index is -1.05. The van der Waals surface area contributed by atoms with Gasteiger partial charge in [-0.15, -0.1) is 0 Å². The molecule has 4 amide bonds. The first-order chi connectivity index (χ1) is 30.9. The zero-order valence-electron chi connectivity index (χ0n) is 34.4. The Hall–Kier alpha value is -6.79. The first kappa shape index (κ1) is 42.9. The van der Waals surface area contributed by atoms with Crippen LogP contribution in [0.1, 0.15) is 51.1 Å². The van der Waals surface area contributed by atoms with E-state index in [4.69, 9.17) is 33.5 Å². The van der Waals surface area contributed by atoms with E-state index in [1.807, 2.05) is 59.4 Å². The second-order valence-corrected chi connectivity index (χ2v) is 14.8. The van der Waals surface area contributed by atoms with E-state index in [1.54, 1.807) is 24.5 Å². The summed E-state index contributed by atoms with van der Waals surface area (Å²) in [4.78, 5) is 55.1. The van der Waals surface area contributed by atoms with Crippen molar-refractivity contribution in [1.29, 1.82) is 0 Å². The summed E-state index contributed by atoms with van der Waals surface area (Å²) in [6.45, 7) is 3.39. The maximum absolute atomic E-state index is 13.2. The summed E-state index contributed by atoms with van der Waals surface area (Å²) in [6, 6.07) is 21.5. The summed E-state index contributed by atoms with van der Waals surface area (Å²) in [7, 11) is 0. The Kier molecular flexibility index (Phi) is 13.9. The molecule has 17 nitrogen and oxygen atoms in total. The van der Waals surface area contributed by atoms with Gasteiger partial charge in [-0.05, 0) is 78.9 Å². The number of benzene rings is 3. The number of fused-ring (bicyclic) bond motifs is 2. The third-order valence-electron chi connectivity index (χ3n) is 10.8. The molecule has 63 heavy (non-hydrogen) atoms. The van der Waals surface area contributed by atoms with Crippen molar-refractivity contribution in [2.24, 2.45) is 5.16 Å². The van der Waals surface area contributed by atoms with Crippen LogP contribution in [0.4, 0.5) is 0 Å². The van der Waals surface area contributed by atoms with Crippen molar-refractivity contribution in [3.8, 4) is 39.6 Å². The number of piperidine rings is 1. The molecule has 0 radical (unpaired) electrons. The number of aryl methyl sites for hydroxylation is 1. The summed E-state index contributed by atoms with van der Waals surface area (Å²) >= 11 is 0. The van der Waals surface area contributed by atoms with Crippen LogP contribution in [0, 0.1) is 0 Å². The normalized spacial score (nSPS) is 16.4. The number of amides is 4. The molecule has 1 aliphatic carbocycles. The molecule has 1 atom stereocenters. The van der Waals surface area contributed by atoms with Gasteiger partial charge in [-0.1, -0.05) is 29.4 Å². The van der Waals surface area contributed by atoms with E-state index in [0.29, 0.717) is 64.3 Å². The van der Waals surface area contributed by atoms with E-state index >= 15 is 0 Å². The van der Waals surface area contributed by atoms with Crippen molar-refractivity contribution >= 4 is 29.3 Å². The van der Waals surface area contributed by atoms with Crippen molar-refractivity contribution in [1.82, 2.24) is 25.0 Å². The molecule has 2 aliphatic heterocycles. The molecule has 5 aromatic rings. The van der Waals surface area contributed by atoms with Gasteiger partial charge in [0.2, 0.25) is 11.8 Å². The SMILES string of the molecule is O=C1CCC(N2C(=O)c3cccc(OCCOCCOCCOCCOCCOc4ccc(-n5cc(-c6ccc7c(c6)CC/C7=N\O)c(-c6ccncc6)n5)cc4)c3C2=O)C(=O)N1.